The highest BCUT2D eigenvalue weighted by atomic mass is 79.9. The Morgan fingerprint density at radius 2 is 2.38 bits per heavy atom. The minimum Gasteiger partial charge on any atom is -0.464 e. The van der Waals surface area contributed by atoms with Crippen LogP contribution in [0.2, 0.25) is 0 Å². The Bertz CT molecular complexity index is 532. The predicted molar refractivity (Wildman–Crippen MR) is 63.6 cm³/mol. The van der Waals surface area contributed by atoms with E-state index in [1.807, 2.05) is 13.0 Å². The minimum absolute atomic E-state index is 0.275. The Morgan fingerprint density at radius 1 is 1.62 bits per heavy atom. The lowest BCUT2D eigenvalue weighted by Crippen LogP contribution is -2.03. The Hall–Kier alpha value is -1.14. The maximum atomic E-state index is 11.5. The number of rotatable bonds is 2. The van der Waals surface area contributed by atoms with Crippen LogP contribution < -0.4 is 0 Å². The highest BCUT2D eigenvalue weighted by Gasteiger charge is 2.22. The monoisotopic (exact) mass is 301 g/mol. The number of ether oxygens (including phenoxy) is 1. The first-order valence-corrected chi connectivity index (χ1v) is 6.03. The molecule has 0 unspecified atom stereocenters. The van der Waals surface area contributed by atoms with E-state index in [1.54, 1.807) is 6.26 Å². The van der Waals surface area contributed by atoms with Crippen LogP contribution in [0.1, 0.15) is 16.1 Å². The molecular weight excluding hydrogens is 294 g/mol. The van der Waals surface area contributed by atoms with E-state index in [9.17, 15) is 4.79 Å². The van der Waals surface area contributed by atoms with E-state index in [4.69, 9.17) is 4.42 Å². The van der Waals surface area contributed by atoms with Gasteiger partial charge in [0.2, 0.25) is 0 Å². The van der Waals surface area contributed by atoms with Crippen LogP contribution in [0.5, 0.6) is 0 Å². The minimum atomic E-state index is -0.465. The van der Waals surface area contributed by atoms with Gasteiger partial charge in [0.1, 0.15) is 10.6 Å². The molecule has 0 saturated heterocycles. The van der Waals surface area contributed by atoms with E-state index >= 15 is 0 Å². The molecule has 0 fully saturated rings. The summed E-state index contributed by atoms with van der Waals surface area (Å²) < 4.78 is 10.6. The summed E-state index contributed by atoms with van der Waals surface area (Å²) in [5.41, 5.74) is 1.23. The lowest BCUT2D eigenvalue weighted by molar-refractivity contribution is 0.0595. The number of esters is 1. The number of hydrogen-bond donors (Lipinski definition) is 0. The van der Waals surface area contributed by atoms with Gasteiger partial charge in [-0.15, -0.1) is 11.3 Å². The molecule has 2 aromatic heterocycles. The standard InChI is InChI=1S/C10H8BrNO3S/c1-5-3-4-15-7(5)8-6(9(13)14-2)12-10(11)16-8/h3-4H,1-2H3. The Morgan fingerprint density at radius 3 is 2.94 bits per heavy atom. The van der Waals surface area contributed by atoms with Crippen LogP contribution in [0.4, 0.5) is 0 Å². The number of aryl methyl sites for hydroxylation is 1. The maximum absolute atomic E-state index is 11.5. The zero-order chi connectivity index (χ0) is 11.7. The van der Waals surface area contributed by atoms with Crippen LogP contribution >= 0.6 is 27.3 Å². The van der Waals surface area contributed by atoms with Crippen LogP contribution in [0.3, 0.4) is 0 Å². The average Bonchev–Trinajstić information content (AvgIpc) is 2.83. The van der Waals surface area contributed by atoms with E-state index in [-0.39, 0.29) is 5.69 Å². The second kappa shape index (κ2) is 4.39. The van der Waals surface area contributed by atoms with Crippen molar-refractivity contribution >= 4 is 33.2 Å². The number of nitrogens with zero attached hydrogens (tertiary/aromatic N) is 1. The number of aromatic nitrogens is 1. The molecule has 0 aromatic carbocycles. The average molecular weight is 302 g/mol. The van der Waals surface area contributed by atoms with Crippen molar-refractivity contribution in [2.75, 3.05) is 7.11 Å². The zero-order valence-electron chi connectivity index (χ0n) is 8.61. The Kier molecular flexibility index (Phi) is 3.11. The summed E-state index contributed by atoms with van der Waals surface area (Å²) in [7, 11) is 1.33. The van der Waals surface area contributed by atoms with Gasteiger partial charge >= 0.3 is 5.97 Å². The summed E-state index contributed by atoms with van der Waals surface area (Å²) >= 11 is 4.59. The molecular formula is C10H8BrNO3S. The van der Waals surface area contributed by atoms with E-state index in [1.165, 1.54) is 18.4 Å². The van der Waals surface area contributed by atoms with Gasteiger partial charge in [0.05, 0.1) is 13.4 Å². The van der Waals surface area contributed by atoms with Gasteiger partial charge in [-0.1, -0.05) is 0 Å². The smallest absolute Gasteiger partial charge is 0.358 e. The van der Waals surface area contributed by atoms with Gasteiger partial charge < -0.3 is 9.15 Å². The third kappa shape index (κ3) is 1.90. The fourth-order valence-corrected chi connectivity index (χ4v) is 2.78. The fourth-order valence-electron chi connectivity index (χ4n) is 1.29. The molecule has 0 saturated carbocycles. The first-order chi connectivity index (χ1) is 7.63. The van der Waals surface area contributed by atoms with Gasteiger partial charge in [0, 0.05) is 0 Å². The lowest BCUT2D eigenvalue weighted by atomic mass is 10.2. The van der Waals surface area contributed by atoms with Crippen molar-refractivity contribution in [2.24, 2.45) is 0 Å². The van der Waals surface area contributed by atoms with Crippen molar-refractivity contribution in [2.45, 2.75) is 6.92 Å². The Labute approximate surface area is 104 Å². The number of carbonyl (C=O) groups is 1. The molecule has 84 valence electrons. The predicted octanol–water partition coefficient (Wildman–Crippen LogP) is 3.26. The van der Waals surface area contributed by atoms with Crippen LogP contribution in [-0.2, 0) is 4.74 Å². The summed E-state index contributed by atoms with van der Waals surface area (Å²) in [5.74, 6) is 0.191. The molecule has 2 rings (SSSR count). The molecule has 0 radical (unpaired) electrons. The third-order valence-corrected chi connectivity index (χ3v) is 3.55. The van der Waals surface area contributed by atoms with Crippen LogP contribution in [0.15, 0.2) is 20.7 Å². The molecule has 0 aliphatic heterocycles. The molecule has 6 heteroatoms. The molecule has 0 bridgehead atoms. The molecule has 2 heterocycles. The first-order valence-electron chi connectivity index (χ1n) is 4.42. The van der Waals surface area contributed by atoms with Gasteiger partial charge in [-0.3, -0.25) is 0 Å². The highest BCUT2D eigenvalue weighted by molar-refractivity contribution is 9.11. The fraction of sp³-hybridized carbons (Fsp3) is 0.200. The van der Waals surface area contributed by atoms with E-state index in [0.29, 0.717) is 14.6 Å². The molecule has 0 aliphatic rings. The number of hydrogen-bond acceptors (Lipinski definition) is 5. The Balaban J connectivity index is 2.57. The van der Waals surface area contributed by atoms with Crippen molar-refractivity contribution in [3.63, 3.8) is 0 Å². The van der Waals surface area contributed by atoms with E-state index in [0.717, 1.165) is 5.56 Å². The molecule has 0 N–H and O–H groups in total. The molecule has 2 aromatic rings. The molecule has 0 atom stereocenters. The summed E-state index contributed by atoms with van der Waals surface area (Å²) in [5, 5.41) is 0. The third-order valence-electron chi connectivity index (χ3n) is 2.05. The van der Waals surface area contributed by atoms with E-state index in [2.05, 4.69) is 25.7 Å². The van der Waals surface area contributed by atoms with Crippen LogP contribution in [0.25, 0.3) is 10.6 Å². The molecule has 0 amide bonds. The van der Waals surface area contributed by atoms with Crippen LogP contribution in [0, 0.1) is 6.92 Å². The molecule has 4 nitrogen and oxygen atoms in total. The molecule has 0 aliphatic carbocycles. The summed E-state index contributed by atoms with van der Waals surface area (Å²) in [6, 6.07) is 1.84. The number of carbonyl (C=O) groups excluding carboxylic acids is 1. The maximum Gasteiger partial charge on any atom is 0.358 e. The quantitative estimate of drug-likeness (QED) is 0.799. The van der Waals surface area contributed by atoms with Gasteiger partial charge in [0.25, 0.3) is 0 Å². The van der Waals surface area contributed by atoms with Gasteiger partial charge in [-0.25, -0.2) is 9.78 Å². The first kappa shape index (κ1) is 11.3. The van der Waals surface area contributed by atoms with E-state index < -0.39 is 5.97 Å². The normalized spacial score (nSPS) is 10.4. The van der Waals surface area contributed by atoms with Gasteiger partial charge in [-0.2, -0.15) is 0 Å². The summed E-state index contributed by atoms with van der Waals surface area (Å²) in [6.45, 7) is 1.91. The van der Waals surface area contributed by atoms with Crippen molar-refractivity contribution in [3.05, 3.63) is 27.5 Å². The number of halogens is 1. The van der Waals surface area contributed by atoms with Crippen LogP contribution in [-0.4, -0.2) is 18.1 Å². The van der Waals surface area contributed by atoms with Gasteiger partial charge in [0.15, 0.2) is 9.61 Å². The number of methoxy groups -OCH3 is 1. The summed E-state index contributed by atoms with van der Waals surface area (Å²) in [6.07, 6.45) is 1.58. The van der Waals surface area contributed by atoms with Crippen molar-refractivity contribution in [1.82, 2.24) is 4.98 Å². The zero-order valence-corrected chi connectivity index (χ0v) is 11.0. The van der Waals surface area contributed by atoms with Crippen molar-refractivity contribution in [3.8, 4) is 10.6 Å². The lowest BCUT2D eigenvalue weighted by Gasteiger charge is -1.98. The molecule has 0 spiro atoms. The summed E-state index contributed by atoms with van der Waals surface area (Å²) in [4.78, 5) is 16.3. The second-order valence-electron chi connectivity index (χ2n) is 3.07. The SMILES string of the molecule is COC(=O)c1nc(Br)sc1-c1occc1C. The second-order valence-corrected chi connectivity index (χ2v) is 5.34. The van der Waals surface area contributed by atoms with Gasteiger partial charge in [-0.05, 0) is 34.5 Å². The van der Waals surface area contributed by atoms with Crippen molar-refractivity contribution in [1.29, 1.82) is 0 Å². The number of thiazole rings is 1. The topological polar surface area (TPSA) is 52.3 Å². The van der Waals surface area contributed by atoms with Crippen molar-refractivity contribution < 1.29 is 13.9 Å². The largest absolute Gasteiger partial charge is 0.464 e. The highest BCUT2D eigenvalue weighted by Crippen LogP contribution is 2.35. The molecule has 16 heavy (non-hydrogen) atoms. The number of furan rings is 1.